The highest BCUT2D eigenvalue weighted by Crippen LogP contribution is 2.29. The van der Waals surface area contributed by atoms with Crippen molar-refractivity contribution < 1.29 is 19.5 Å². The van der Waals surface area contributed by atoms with Gasteiger partial charge in [0.2, 0.25) is 0 Å². The van der Waals surface area contributed by atoms with E-state index in [2.05, 4.69) is 5.32 Å². The topological polar surface area (TPSA) is 93.9 Å². The minimum absolute atomic E-state index is 0.0513. The molecule has 0 radical (unpaired) electrons. The lowest BCUT2D eigenvalue weighted by Gasteiger charge is -2.13. The molecule has 0 spiro atoms. The van der Waals surface area contributed by atoms with Crippen LogP contribution in [-0.2, 0) is 13.2 Å². The van der Waals surface area contributed by atoms with E-state index in [-0.39, 0.29) is 12.3 Å². The van der Waals surface area contributed by atoms with Crippen molar-refractivity contribution in [3.05, 3.63) is 63.7 Å². The second-order valence-corrected chi connectivity index (χ2v) is 5.68. The van der Waals surface area contributed by atoms with Crippen LogP contribution in [0.2, 0.25) is 0 Å². The van der Waals surface area contributed by atoms with E-state index in [0.29, 0.717) is 24.6 Å². The number of nitro groups is 1. The maximum absolute atomic E-state index is 10.7. The minimum atomic E-state index is -0.433. The molecular weight excluding hydrogens is 324 g/mol. The summed E-state index contributed by atoms with van der Waals surface area (Å²) in [5, 5.41) is 23.1. The number of nitrogens with one attached hydrogen (secondary N) is 1. The third-order valence-corrected chi connectivity index (χ3v) is 3.54. The Morgan fingerprint density at radius 3 is 2.44 bits per heavy atom. The smallest absolute Gasteiger partial charge is 0.269 e. The Kier molecular flexibility index (Phi) is 6.73. The first-order valence-corrected chi connectivity index (χ1v) is 7.91. The van der Waals surface area contributed by atoms with Gasteiger partial charge >= 0.3 is 0 Å². The molecule has 1 atom stereocenters. The van der Waals surface area contributed by atoms with Crippen LogP contribution in [0.3, 0.4) is 0 Å². The molecule has 0 aliphatic rings. The molecule has 0 heterocycles. The van der Waals surface area contributed by atoms with Crippen LogP contribution in [0.15, 0.2) is 42.5 Å². The maximum Gasteiger partial charge on any atom is 0.269 e. The fourth-order valence-corrected chi connectivity index (χ4v) is 2.24. The van der Waals surface area contributed by atoms with E-state index in [1.807, 2.05) is 18.2 Å². The van der Waals surface area contributed by atoms with Gasteiger partial charge < -0.3 is 19.9 Å². The summed E-state index contributed by atoms with van der Waals surface area (Å²) in [6, 6.07) is 11.9. The zero-order valence-corrected chi connectivity index (χ0v) is 14.3. The molecule has 0 amide bonds. The average molecular weight is 346 g/mol. The molecule has 2 aromatic rings. The molecule has 0 fully saturated rings. The van der Waals surface area contributed by atoms with Gasteiger partial charge in [-0.3, -0.25) is 10.1 Å². The van der Waals surface area contributed by atoms with Gasteiger partial charge in [-0.15, -0.1) is 0 Å². The Labute approximate surface area is 146 Å². The molecule has 1 unspecified atom stereocenters. The summed E-state index contributed by atoms with van der Waals surface area (Å²) >= 11 is 0. The molecule has 134 valence electrons. The lowest BCUT2D eigenvalue weighted by molar-refractivity contribution is -0.384. The van der Waals surface area contributed by atoms with Crippen LogP contribution in [0.4, 0.5) is 5.69 Å². The van der Waals surface area contributed by atoms with Gasteiger partial charge in [0, 0.05) is 25.2 Å². The molecule has 7 heteroatoms. The molecule has 2 N–H and O–H groups in total. The van der Waals surface area contributed by atoms with Crippen molar-refractivity contribution in [2.75, 3.05) is 13.7 Å². The number of benzene rings is 2. The maximum atomic E-state index is 10.7. The molecule has 0 aliphatic heterocycles. The van der Waals surface area contributed by atoms with E-state index < -0.39 is 11.0 Å². The number of aliphatic hydroxyl groups is 1. The lowest BCUT2D eigenvalue weighted by atomic mass is 10.2. The van der Waals surface area contributed by atoms with E-state index in [1.54, 1.807) is 26.2 Å². The van der Waals surface area contributed by atoms with Crippen molar-refractivity contribution in [2.24, 2.45) is 0 Å². The Balaban J connectivity index is 1.97. The van der Waals surface area contributed by atoms with Crippen LogP contribution in [0.5, 0.6) is 11.5 Å². The van der Waals surface area contributed by atoms with Gasteiger partial charge in [0.15, 0.2) is 11.5 Å². The number of hydrogen-bond donors (Lipinski definition) is 2. The van der Waals surface area contributed by atoms with E-state index in [9.17, 15) is 15.2 Å². The quantitative estimate of drug-likeness (QED) is 0.535. The van der Waals surface area contributed by atoms with Gasteiger partial charge in [-0.2, -0.15) is 0 Å². The largest absolute Gasteiger partial charge is 0.493 e. The highest BCUT2D eigenvalue weighted by atomic mass is 16.6. The van der Waals surface area contributed by atoms with Gasteiger partial charge in [-0.1, -0.05) is 6.07 Å². The summed E-state index contributed by atoms with van der Waals surface area (Å²) in [6.07, 6.45) is -0.397. The molecule has 7 nitrogen and oxygen atoms in total. The first-order chi connectivity index (χ1) is 12.0. The van der Waals surface area contributed by atoms with Crippen LogP contribution in [0, 0.1) is 10.1 Å². The zero-order valence-electron chi connectivity index (χ0n) is 14.3. The normalized spacial score (nSPS) is 11.8. The van der Waals surface area contributed by atoms with Crippen LogP contribution < -0.4 is 14.8 Å². The molecular formula is C18H22N2O5. The number of ether oxygens (including phenoxy) is 2. The minimum Gasteiger partial charge on any atom is -0.493 e. The van der Waals surface area contributed by atoms with Gasteiger partial charge in [-0.05, 0) is 42.3 Å². The Bertz CT molecular complexity index is 701. The first-order valence-electron chi connectivity index (χ1n) is 7.91. The summed E-state index contributed by atoms with van der Waals surface area (Å²) < 4.78 is 11.1. The predicted octanol–water partition coefficient (Wildman–Crippen LogP) is 2.65. The summed E-state index contributed by atoms with van der Waals surface area (Å²) in [5.41, 5.74) is 1.89. The number of nitro benzene ring substituents is 1. The van der Waals surface area contributed by atoms with E-state index in [4.69, 9.17) is 9.47 Å². The Hall–Kier alpha value is -2.64. The SMILES string of the molecule is COc1cc(CNCC(C)O)ccc1OCc1ccc([N+](=O)[O-])cc1. The van der Waals surface area contributed by atoms with Gasteiger partial charge in [0.1, 0.15) is 6.61 Å². The fourth-order valence-electron chi connectivity index (χ4n) is 2.24. The Morgan fingerprint density at radius 1 is 1.16 bits per heavy atom. The van der Waals surface area contributed by atoms with Crippen molar-refractivity contribution in [3.63, 3.8) is 0 Å². The molecule has 0 bridgehead atoms. The summed E-state index contributed by atoms with van der Waals surface area (Å²) in [5.74, 6) is 1.21. The van der Waals surface area contributed by atoms with Gasteiger partial charge in [0.25, 0.3) is 5.69 Å². The summed E-state index contributed by atoms with van der Waals surface area (Å²) in [7, 11) is 1.57. The number of rotatable bonds is 9. The van der Waals surface area contributed by atoms with E-state index in [1.165, 1.54) is 12.1 Å². The van der Waals surface area contributed by atoms with Crippen molar-refractivity contribution in [3.8, 4) is 11.5 Å². The lowest BCUT2D eigenvalue weighted by Crippen LogP contribution is -2.23. The molecule has 25 heavy (non-hydrogen) atoms. The third-order valence-electron chi connectivity index (χ3n) is 3.54. The number of hydrogen-bond acceptors (Lipinski definition) is 6. The summed E-state index contributed by atoms with van der Waals surface area (Å²) in [6.45, 7) is 3.14. The third kappa shape index (κ3) is 5.74. The first kappa shape index (κ1) is 18.7. The average Bonchev–Trinajstić information content (AvgIpc) is 2.60. The van der Waals surface area contributed by atoms with Crippen LogP contribution in [0.25, 0.3) is 0 Å². The Morgan fingerprint density at radius 2 is 1.84 bits per heavy atom. The molecule has 0 saturated heterocycles. The van der Waals surface area contributed by atoms with Gasteiger partial charge in [-0.25, -0.2) is 0 Å². The zero-order chi connectivity index (χ0) is 18.2. The fraction of sp³-hybridized carbons (Fsp3) is 0.333. The van der Waals surface area contributed by atoms with Crippen molar-refractivity contribution in [1.82, 2.24) is 5.32 Å². The molecule has 0 aromatic heterocycles. The van der Waals surface area contributed by atoms with Crippen molar-refractivity contribution >= 4 is 5.69 Å². The standard InChI is InChI=1S/C18H22N2O5/c1-13(21)10-19-11-15-5-8-17(18(9-15)24-2)25-12-14-3-6-16(7-4-14)20(22)23/h3-9,13,19,21H,10-12H2,1-2H3. The highest BCUT2D eigenvalue weighted by molar-refractivity contribution is 5.43. The van der Waals surface area contributed by atoms with Crippen molar-refractivity contribution in [2.45, 2.75) is 26.2 Å². The monoisotopic (exact) mass is 346 g/mol. The van der Waals surface area contributed by atoms with Crippen LogP contribution in [0.1, 0.15) is 18.1 Å². The van der Waals surface area contributed by atoms with Gasteiger partial charge in [0.05, 0.1) is 18.1 Å². The number of non-ortho nitro benzene ring substituents is 1. The van der Waals surface area contributed by atoms with E-state index in [0.717, 1.165) is 11.1 Å². The van der Waals surface area contributed by atoms with Crippen LogP contribution >= 0.6 is 0 Å². The molecule has 2 aromatic carbocycles. The predicted molar refractivity (Wildman–Crippen MR) is 93.8 cm³/mol. The van der Waals surface area contributed by atoms with Crippen molar-refractivity contribution in [1.29, 1.82) is 0 Å². The van der Waals surface area contributed by atoms with Crippen LogP contribution in [-0.4, -0.2) is 29.8 Å². The number of nitrogens with zero attached hydrogens (tertiary/aromatic N) is 1. The molecule has 0 aliphatic carbocycles. The summed E-state index contributed by atoms with van der Waals surface area (Å²) in [4.78, 5) is 10.2. The second kappa shape index (κ2) is 9.00. The molecule has 2 rings (SSSR count). The number of aliphatic hydroxyl groups excluding tert-OH is 1. The second-order valence-electron chi connectivity index (χ2n) is 5.68. The number of methoxy groups -OCH3 is 1. The van der Waals surface area contributed by atoms with E-state index >= 15 is 0 Å². The molecule has 0 saturated carbocycles. The highest BCUT2D eigenvalue weighted by Gasteiger charge is 2.08.